The van der Waals surface area contributed by atoms with E-state index >= 15 is 0 Å². The average Bonchev–Trinajstić information content (AvgIpc) is 3.10. The predicted molar refractivity (Wildman–Crippen MR) is 95.2 cm³/mol. The van der Waals surface area contributed by atoms with Crippen LogP contribution in [0.1, 0.15) is 18.9 Å². The maximum absolute atomic E-state index is 11.3. The van der Waals surface area contributed by atoms with Crippen LogP contribution in [0.25, 0.3) is 11.1 Å². The molecule has 2 atom stereocenters. The van der Waals surface area contributed by atoms with Gasteiger partial charge in [-0.3, -0.25) is 9.88 Å². The third kappa shape index (κ3) is 3.08. The minimum atomic E-state index is -0.411. The number of nitrogens with one attached hydrogen (secondary N) is 2. The predicted octanol–water partition coefficient (Wildman–Crippen LogP) is 3.20. The fourth-order valence-electron chi connectivity index (χ4n) is 3.52. The number of hydrogen-bond donors (Lipinski definition) is 2. The van der Waals surface area contributed by atoms with Crippen molar-refractivity contribution in [1.82, 2.24) is 9.88 Å². The zero-order valence-corrected chi connectivity index (χ0v) is 13.7. The van der Waals surface area contributed by atoms with Crippen LogP contribution in [0.3, 0.4) is 0 Å². The van der Waals surface area contributed by atoms with Crippen molar-refractivity contribution < 1.29 is 4.42 Å². The summed E-state index contributed by atoms with van der Waals surface area (Å²) in [7, 11) is 0. The maximum atomic E-state index is 11.3. The van der Waals surface area contributed by atoms with Crippen molar-refractivity contribution in [2.75, 3.05) is 11.9 Å². The van der Waals surface area contributed by atoms with Crippen molar-refractivity contribution in [3.05, 3.63) is 64.6 Å². The second-order valence-electron chi connectivity index (χ2n) is 6.57. The second kappa shape index (κ2) is 6.17. The Balaban J connectivity index is 1.44. The molecule has 1 aromatic heterocycles. The van der Waals surface area contributed by atoms with Gasteiger partial charge in [0.25, 0.3) is 0 Å². The number of aromatic nitrogens is 1. The molecule has 3 aromatic rings. The number of benzene rings is 2. The molecule has 1 fully saturated rings. The molecule has 2 N–H and O–H groups in total. The number of hydrogen-bond acceptors (Lipinski definition) is 4. The summed E-state index contributed by atoms with van der Waals surface area (Å²) in [5.41, 5.74) is 3.69. The Kier molecular flexibility index (Phi) is 3.86. The van der Waals surface area contributed by atoms with Crippen molar-refractivity contribution in [2.24, 2.45) is 0 Å². The highest BCUT2D eigenvalue weighted by Crippen LogP contribution is 2.24. The third-order valence-corrected chi connectivity index (χ3v) is 4.72. The first-order valence-corrected chi connectivity index (χ1v) is 8.35. The van der Waals surface area contributed by atoms with E-state index in [1.54, 1.807) is 0 Å². The van der Waals surface area contributed by atoms with Gasteiger partial charge in [-0.15, -0.1) is 0 Å². The van der Waals surface area contributed by atoms with Gasteiger partial charge in [0.15, 0.2) is 5.58 Å². The lowest BCUT2D eigenvalue weighted by atomic mass is 10.1. The second-order valence-corrected chi connectivity index (χ2v) is 6.57. The molecule has 2 heterocycles. The fourth-order valence-corrected chi connectivity index (χ4v) is 3.52. The van der Waals surface area contributed by atoms with E-state index < -0.39 is 5.76 Å². The summed E-state index contributed by atoms with van der Waals surface area (Å²) in [6, 6.07) is 17.3. The van der Waals surface area contributed by atoms with Gasteiger partial charge in [-0.2, -0.15) is 0 Å². The van der Waals surface area contributed by atoms with Gasteiger partial charge in [0.2, 0.25) is 0 Å². The van der Waals surface area contributed by atoms with E-state index in [9.17, 15) is 4.79 Å². The summed E-state index contributed by atoms with van der Waals surface area (Å²) in [5, 5.41) is 3.58. The molecule has 24 heavy (non-hydrogen) atoms. The molecule has 0 spiro atoms. The monoisotopic (exact) mass is 323 g/mol. The van der Waals surface area contributed by atoms with Gasteiger partial charge < -0.3 is 9.73 Å². The van der Waals surface area contributed by atoms with E-state index in [1.807, 2.05) is 18.2 Å². The molecule has 1 aliphatic rings. The summed E-state index contributed by atoms with van der Waals surface area (Å²) in [4.78, 5) is 16.5. The van der Waals surface area contributed by atoms with E-state index in [0.29, 0.717) is 17.7 Å². The van der Waals surface area contributed by atoms with Crippen LogP contribution >= 0.6 is 0 Å². The Morgan fingerprint density at radius 2 is 2.08 bits per heavy atom. The van der Waals surface area contributed by atoms with E-state index in [-0.39, 0.29) is 0 Å². The number of nitrogens with zero attached hydrogens (tertiary/aromatic N) is 1. The van der Waals surface area contributed by atoms with Crippen LogP contribution in [-0.4, -0.2) is 28.5 Å². The van der Waals surface area contributed by atoms with E-state index in [2.05, 4.69) is 52.5 Å². The van der Waals surface area contributed by atoms with Gasteiger partial charge in [-0.25, -0.2) is 4.79 Å². The largest absolute Gasteiger partial charge is 0.417 e. The Bertz CT molecular complexity index is 884. The summed E-state index contributed by atoms with van der Waals surface area (Å²) in [6.07, 6.45) is 1.10. The average molecular weight is 323 g/mol. The molecule has 2 unspecified atom stereocenters. The third-order valence-electron chi connectivity index (χ3n) is 4.72. The lowest BCUT2D eigenvalue weighted by Crippen LogP contribution is -2.28. The minimum Gasteiger partial charge on any atom is -0.408 e. The maximum Gasteiger partial charge on any atom is 0.417 e. The van der Waals surface area contributed by atoms with Crippen LogP contribution in [0.15, 0.2) is 57.7 Å². The highest BCUT2D eigenvalue weighted by molar-refractivity contribution is 5.76. The number of anilines is 1. The van der Waals surface area contributed by atoms with Crippen molar-refractivity contribution in [3.8, 4) is 0 Å². The van der Waals surface area contributed by atoms with Crippen LogP contribution in [-0.2, 0) is 6.54 Å². The molecule has 5 heteroatoms. The van der Waals surface area contributed by atoms with Gasteiger partial charge in [-0.1, -0.05) is 30.3 Å². The Morgan fingerprint density at radius 1 is 1.25 bits per heavy atom. The topological polar surface area (TPSA) is 61.3 Å². The standard InChI is InChI=1S/C19H21N3O2/c1-13-9-16(12-22(13)11-14-5-3-2-4-6-14)20-15-7-8-18-17(10-15)21-19(23)24-18/h2-8,10,13,16,20H,9,11-12H2,1H3,(H,21,23). The summed E-state index contributed by atoms with van der Waals surface area (Å²) < 4.78 is 5.05. The number of H-pyrrole nitrogens is 1. The number of likely N-dealkylation sites (tertiary alicyclic amines) is 1. The van der Waals surface area contributed by atoms with Gasteiger partial charge in [-0.05, 0) is 37.1 Å². The van der Waals surface area contributed by atoms with E-state index in [4.69, 9.17) is 4.42 Å². The summed E-state index contributed by atoms with van der Waals surface area (Å²) in [6.45, 7) is 4.27. The van der Waals surface area contributed by atoms with Crippen LogP contribution in [0.2, 0.25) is 0 Å². The van der Waals surface area contributed by atoms with Crippen LogP contribution < -0.4 is 11.1 Å². The lowest BCUT2D eigenvalue weighted by Gasteiger charge is -2.21. The van der Waals surface area contributed by atoms with Crippen molar-refractivity contribution in [3.63, 3.8) is 0 Å². The van der Waals surface area contributed by atoms with Crippen molar-refractivity contribution in [2.45, 2.75) is 32.0 Å². The van der Waals surface area contributed by atoms with Crippen LogP contribution in [0.4, 0.5) is 5.69 Å². The molecular formula is C19H21N3O2. The Morgan fingerprint density at radius 3 is 2.92 bits per heavy atom. The molecule has 0 saturated carbocycles. The summed E-state index contributed by atoms with van der Waals surface area (Å²) >= 11 is 0. The zero-order chi connectivity index (χ0) is 16.5. The molecule has 2 aromatic carbocycles. The number of fused-ring (bicyclic) bond motifs is 1. The molecule has 5 nitrogen and oxygen atoms in total. The zero-order valence-electron chi connectivity index (χ0n) is 13.7. The quantitative estimate of drug-likeness (QED) is 0.774. The molecule has 1 aliphatic heterocycles. The smallest absolute Gasteiger partial charge is 0.408 e. The molecule has 4 rings (SSSR count). The summed E-state index contributed by atoms with van der Waals surface area (Å²) in [5.74, 6) is -0.411. The fraction of sp³-hybridized carbons (Fsp3) is 0.316. The first-order valence-electron chi connectivity index (χ1n) is 8.35. The first kappa shape index (κ1) is 15.0. The molecule has 124 valence electrons. The van der Waals surface area contributed by atoms with Crippen molar-refractivity contribution in [1.29, 1.82) is 0 Å². The number of aromatic amines is 1. The minimum absolute atomic E-state index is 0.403. The molecule has 1 saturated heterocycles. The lowest BCUT2D eigenvalue weighted by molar-refractivity contribution is 0.259. The van der Waals surface area contributed by atoms with Gasteiger partial charge in [0.1, 0.15) is 0 Å². The SMILES string of the molecule is CC1CC(Nc2ccc3oc(=O)[nH]c3c2)CN1Cc1ccccc1. The molecule has 0 aliphatic carbocycles. The number of rotatable bonds is 4. The molecule has 0 radical (unpaired) electrons. The Labute approximate surface area is 140 Å². The van der Waals surface area contributed by atoms with E-state index in [1.165, 1.54) is 5.56 Å². The van der Waals surface area contributed by atoms with E-state index in [0.717, 1.165) is 30.7 Å². The van der Waals surface area contributed by atoms with Gasteiger partial charge in [0, 0.05) is 30.9 Å². The Hall–Kier alpha value is -2.53. The van der Waals surface area contributed by atoms with Crippen LogP contribution in [0.5, 0.6) is 0 Å². The first-order chi connectivity index (χ1) is 11.7. The highest BCUT2D eigenvalue weighted by Gasteiger charge is 2.28. The molecule has 0 amide bonds. The normalized spacial score (nSPS) is 21.4. The van der Waals surface area contributed by atoms with Gasteiger partial charge in [0.05, 0.1) is 5.52 Å². The molecule has 0 bridgehead atoms. The van der Waals surface area contributed by atoms with Crippen LogP contribution in [0, 0.1) is 0 Å². The van der Waals surface area contributed by atoms with Crippen molar-refractivity contribution >= 4 is 16.8 Å². The highest BCUT2D eigenvalue weighted by atomic mass is 16.4. The molecular weight excluding hydrogens is 302 g/mol. The number of oxazole rings is 1. The van der Waals surface area contributed by atoms with Gasteiger partial charge >= 0.3 is 5.76 Å².